The Hall–Kier alpha value is 2.82. The van der Waals surface area contributed by atoms with Gasteiger partial charge in [0.05, 0.1) is 0 Å². The first kappa shape index (κ1) is 29.0. The van der Waals surface area contributed by atoms with Crippen LogP contribution in [0.25, 0.3) is 0 Å². The van der Waals surface area contributed by atoms with Gasteiger partial charge in [-0.3, -0.25) is 0 Å². The topological polar surface area (TPSA) is 0 Å². The van der Waals surface area contributed by atoms with Crippen molar-refractivity contribution in [3.05, 3.63) is 0 Å². The maximum atomic E-state index is 0. The molecule has 0 saturated heterocycles. The second kappa shape index (κ2) is 17.0. The van der Waals surface area contributed by atoms with Gasteiger partial charge in [0.15, 0.2) is 0 Å². The van der Waals surface area contributed by atoms with Crippen LogP contribution >= 0.6 is 0 Å². The number of rotatable bonds is 0. The fourth-order valence-electron chi connectivity index (χ4n) is 0. The second-order valence-electron chi connectivity index (χ2n) is 0. The van der Waals surface area contributed by atoms with E-state index in [-0.39, 0.29) is 86.6 Å². The van der Waals surface area contributed by atoms with Crippen molar-refractivity contribution in [1.29, 1.82) is 0 Å². The van der Waals surface area contributed by atoms with Gasteiger partial charge in [-0.15, -0.1) is 0 Å². The van der Waals surface area contributed by atoms with E-state index in [9.17, 15) is 0 Å². The molecule has 4 heteroatoms. The van der Waals surface area contributed by atoms with Gasteiger partial charge in [-0.25, -0.2) is 0 Å². The van der Waals surface area contributed by atoms with Gasteiger partial charge in [0.2, 0.25) is 0 Å². The third kappa shape index (κ3) is 8.85. The van der Waals surface area contributed by atoms with E-state index in [1.807, 2.05) is 0 Å². The van der Waals surface area contributed by atoms with Crippen LogP contribution in [0.2, 0.25) is 0 Å². The molecule has 4 heavy (non-hydrogen) atoms. The number of hydrogen-bond acceptors (Lipinski definition) is 0. The zero-order valence-electron chi connectivity index (χ0n) is 1.96. The monoisotopic (exact) mass is 367 g/mol. The molecule has 21 valence electrons. The summed E-state index contributed by atoms with van der Waals surface area (Å²) in [5.74, 6) is 0. The summed E-state index contributed by atoms with van der Waals surface area (Å²) in [6, 6.07) is 0. The molecule has 0 fully saturated rings. The van der Waals surface area contributed by atoms with Gasteiger partial charge in [0, 0.05) is 86.6 Å². The molecule has 11 radical (unpaired) electrons. The SMILES string of the molecule is [Cu].[Ga].[In].[Sn]. The molecule has 0 atom stereocenters. The quantitative estimate of drug-likeness (QED) is 0.475. The van der Waals surface area contributed by atoms with Crippen LogP contribution in [0.3, 0.4) is 0 Å². The first-order valence-corrected chi connectivity index (χ1v) is 0. The first-order chi connectivity index (χ1) is 0. The maximum absolute atomic E-state index is 0. The Kier molecular flexibility index (Phi) is 123. The molecule has 0 rings (SSSR count). The van der Waals surface area contributed by atoms with Crippen LogP contribution in [-0.4, -0.2) is 69.5 Å². The molecule has 0 amide bonds. The van der Waals surface area contributed by atoms with Gasteiger partial charge in [0.1, 0.15) is 0 Å². The zero-order valence-corrected chi connectivity index (χ0v) is 11.5. The largest absolute Gasteiger partial charge is 0 e. The summed E-state index contributed by atoms with van der Waals surface area (Å²) >= 11 is 0. The average molecular weight is 367 g/mol. The maximum Gasteiger partial charge on any atom is 0 e. The zero-order chi connectivity index (χ0) is 0. The summed E-state index contributed by atoms with van der Waals surface area (Å²) in [7, 11) is 0. The molecular formula is CuGaInSn. The Morgan fingerprint density at radius 2 is 1.00 bits per heavy atom. The third-order valence-electron chi connectivity index (χ3n) is 0. The van der Waals surface area contributed by atoms with Crippen molar-refractivity contribution >= 4 is 69.5 Å². The summed E-state index contributed by atoms with van der Waals surface area (Å²) in [5.41, 5.74) is 0. The molecule has 0 aromatic heterocycles. The van der Waals surface area contributed by atoms with Crippen LogP contribution < -0.4 is 0 Å². The summed E-state index contributed by atoms with van der Waals surface area (Å²) in [6.45, 7) is 0. The summed E-state index contributed by atoms with van der Waals surface area (Å²) in [4.78, 5) is 0. The first-order valence-electron chi connectivity index (χ1n) is 0. The van der Waals surface area contributed by atoms with E-state index in [4.69, 9.17) is 0 Å². The van der Waals surface area contributed by atoms with Crippen LogP contribution in [0.5, 0.6) is 0 Å². The molecule has 0 aliphatic rings. The Morgan fingerprint density at radius 1 is 1.00 bits per heavy atom. The van der Waals surface area contributed by atoms with Gasteiger partial charge in [0.25, 0.3) is 0 Å². The Balaban J connectivity index is 0. The molecule has 0 aromatic rings. The molecule has 0 aromatic carbocycles. The van der Waals surface area contributed by atoms with Crippen molar-refractivity contribution in [3.8, 4) is 0 Å². The minimum Gasteiger partial charge on any atom is 0 e. The molecule has 0 bridgehead atoms. The van der Waals surface area contributed by atoms with Crippen LogP contribution in [-0.2, 0) is 17.1 Å². The van der Waals surface area contributed by atoms with E-state index in [0.717, 1.165) is 0 Å². The molecule has 0 spiro atoms. The van der Waals surface area contributed by atoms with Crippen LogP contribution in [0, 0.1) is 0 Å². The van der Waals surface area contributed by atoms with Crippen LogP contribution in [0.1, 0.15) is 0 Å². The molecule has 0 nitrogen and oxygen atoms in total. The van der Waals surface area contributed by atoms with Crippen molar-refractivity contribution in [2.75, 3.05) is 0 Å². The Morgan fingerprint density at radius 3 is 1.00 bits per heavy atom. The molecule has 0 aliphatic carbocycles. The van der Waals surface area contributed by atoms with Crippen molar-refractivity contribution in [2.45, 2.75) is 0 Å². The van der Waals surface area contributed by atoms with Gasteiger partial charge < -0.3 is 0 Å². The van der Waals surface area contributed by atoms with Crippen LogP contribution in [0.4, 0.5) is 0 Å². The fourth-order valence-corrected chi connectivity index (χ4v) is 0. The molecular weight excluding hydrogens is 367 g/mol. The third-order valence-corrected chi connectivity index (χ3v) is 0. The van der Waals surface area contributed by atoms with Crippen molar-refractivity contribution in [3.63, 3.8) is 0 Å². The summed E-state index contributed by atoms with van der Waals surface area (Å²) < 4.78 is 0. The molecule has 0 heterocycles. The minimum absolute atomic E-state index is 0. The predicted octanol–water partition coefficient (Wildman–Crippen LogP) is -1.14. The minimum atomic E-state index is 0. The van der Waals surface area contributed by atoms with Gasteiger partial charge in [-0.1, -0.05) is 0 Å². The molecule has 0 unspecified atom stereocenters. The Bertz CT molecular complexity index is 8.00. The molecule has 0 saturated carbocycles. The Labute approximate surface area is 85.1 Å². The van der Waals surface area contributed by atoms with Crippen molar-refractivity contribution in [1.82, 2.24) is 0 Å². The standard InChI is InChI=1S/Cu.Ga.In.Sn. The second-order valence-corrected chi connectivity index (χ2v) is 0. The van der Waals surface area contributed by atoms with Gasteiger partial charge in [-0.05, 0) is 0 Å². The predicted molar refractivity (Wildman–Crippen MR) is 17.3 cm³/mol. The number of hydrogen-bond donors (Lipinski definition) is 0. The van der Waals surface area contributed by atoms with E-state index in [2.05, 4.69) is 0 Å². The van der Waals surface area contributed by atoms with Crippen molar-refractivity contribution < 1.29 is 17.1 Å². The fraction of sp³-hybridized carbons (Fsp3) is 0. The van der Waals surface area contributed by atoms with E-state index < -0.39 is 0 Å². The molecule has 0 N–H and O–H groups in total. The smallest absolute Gasteiger partial charge is 0 e. The average Bonchev–Trinajstić information content (AvgIpc) is 0. The summed E-state index contributed by atoms with van der Waals surface area (Å²) in [5, 5.41) is 0. The van der Waals surface area contributed by atoms with E-state index in [0.29, 0.717) is 0 Å². The van der Waals surface area contributed by atoms with Gasteiger partial charge >= 0.3 is 0 Å². The van der Waals surface area contributed by atoms with Gasteiger partial charge in [-0.2, -0.15) is 0 Å². The van der Waals surface area contributed by atoms with E-state index >= 15 is 0 Å². The van der Waals surface area contributed by atoms with Crippen LogP contribution in [0.15, 0.2) is 0 Å². The van der Waals surface area contributed by atoms with E-state index in [1.165, 1.54) is 0 Å². The normalized spacial score (nSPS) is 0. The van der Waals surface area contributed by atoms with E-state index in [1.54, 1.807) is 0 Å². The van der Waals surface area contributed by atoms with Crippen molar-refractivity contribution in [2.24, 2.45) is 0 Å². The summed E-state index contributed by atoms with van der Waals surface area (Å²) in [6.07, 6.45) is 0. The molecule has 0 aliphatic heterocycles.